The first-order chi connectivity index (χ1) is 32.6. The van der Waals surface area contributed by atoms with E-state index in [9.17, 15) is 24.3 Å². The molecule has 1 saturated carbocycles. The van der Waals surface area contributed by atoms with Gasteiger partial charge in [0.25, 0.3) is 5.91 Å². The molecule has 16 nitrogen and oxygen atoms in total. The van der Waals surface area contributed by atoms with E-state index in [1.54, 1.807) is 53.3 Å². The zero-order chi connectivity index (χ0) is 48.4. The third-order valence-electron chi connectivity index (χ3n) is 12.4. The number of hydrogen-bond acceptors (Lipinski definition) is 11. The predicted octanol–water partition coefficient (Wildman–Crippen LogP) is 6.56. The van der Waals surface area contributed by atoms with Gasteiger partial charge >= 0.3 is 0 Å². The van der Waals surface area contributed by atoms with E-state index in [1.807, 2.05) is 64.2 Å². The van der Waals surface area contributed by atoms with Gasteiger partial charge in [0.1, 0.15) is 30.5 Å². The molecule has 0 unspecified atom stereocenters. The molecule has 0 bridgehead atoms. The van der Waals surface area contributed by atoms with Gasteiger partial charge in [-0.15, -0.1) is 0 Å². The smallest absolute Gasteiger partial charge is 0.251 e. The standard InChI is InChI=1S/C51H59ClN8O8/c1-32(26-59-20-19-43(58-59)38-13-14-39(23-53)42(52)21-38)56-48(63)37-15-17-41(18-16-37)67-29-35-7-5-34(6-8-35)28-66-30-46(62)57-47(51(2,3)4)50(65)60-27-40(61)22-44(60)49(64)55-24-33-9-11-36(12-10-33)45-25-54-31-68-45/h9-21,25,31-32,34-35,40,44,47,61H,5-8,22,24,26-30H2,1-4H3,(H,55,64)(H,56,63)(H,57,62)/t32-,34?,35?,40+,44-,47+/m0/s1. The molecule has 7 rings (SSSR count). The first-order valence-corrected chi connectivity index (χ1v) is 23.4. The van der Waals surface area contributed by atoms with E-state index in [2.05, 4.69) is 32.1 Å². The number of halogens is 1. The molecule has 0 radical (unpaired) electrons. The fraction of sp³-hybridized carbons (Fsp3) is 0.431. The van der Waals surface area contributed by atoms with Crippen molar-refractivity contribution in [1.82, 2.24) is 35.6 Å². The highest BCUT2D eigenvalue weighted by Gasteiger charge is 2.44. The maximum absolute atomic E-state index is 14.0. The average molecular weight is 948 g/mol. The summed E-state index contributed by atoms with van der Waals surface area (Å²) in [7, 11) is 0. The van der Waals surface area contributed by atoms with E-state index >= 15 is 0 Å². The lowest BCUT2D eigenvalue weighted by molar-refractivity contribution is -0.144. The van der Waals surface area contributed by atoms with E-state index in [0.717, 1.165) is 42.4 Å². The fourth-order valence-electron chi connectivity index (χ4n) is 8.59. The third-order valence-corrected chi connectivity index (χ3v) is 12.8. The number of carbonyl (C=O) groups excluding carboxylic acids is 4. The molecule has 3 heterocycles. The van der Waals surface area contributed by atoms with E-state index in [1.165, 1.54) is 11.3 Å². The van der Waals surface area contributed by atoms with E-state index in [-0.39, 0.29) is 49.9 Å². The summed E-state index contributed by atoms with van der Waals surface area (Å²) in [6, 6.07) is 21.6. The number of nitrogens with one attached hydrogen (secondary N) is 3. The van der Waals surface area contributed by atoms with Crippen LogP contribution in [-0.4, -0.2) is 99.0 Å². The quantitative estimate of drug-likeness (QED) is 0.0739. The predicted molar refractivity (Wildman–Crippen MR) is 254 cm³/mol. The first-order valence-electron chi connectivity index (χ1n) is 23.0. The van der Waals surface area contributed by atoms with Crippen LogP contribution in [0.25, 0.3) is 22.6 Å². The number of hydrogen-bond donors (Lipinski definition) is 4. The zero-order valence-corrected chi connectivity index (χ0v) is 39.6. The molecular weight excluding hydrogens is 888 g/mol. The van der Waals surface area contributed by atoms with Gasteiger partial charge in [0.05, 0.1) is 48.3 Å². The fourth-order valence-corrected chi connectivity index (χ4v) is 8.81. The Morgan fingerprint density at radius 2 is 1.66 bits per heavy atom. The Labute approximate surface area is 401 Å². The van der Waals surface area contributed by atoms with Crippen LogP contribution in [0.2, 0.25) is 5.02 Å². The van der Waals surface area contributed by atoms with Gasteiger partial charge in [0.15, 0.2) is 12.2 Å². The molecule has 17 heteroatoms. The molecule has 3 aromatic carbocycles. The number of rotatable bonds is 18. The first kappa shape index (κ1) is 49.4. The summed E-state index contributed by atoms with van der Waals surface area (Å²) in [4.78, 5) is 59.0. The normalized spacial score (nSPS) is 19.1. The van der Waals surface area contributed by atoms with Crippen molar-refractivity contribution in [3.05, 3.63) is 113 Å². The molecule has 5 aromatic rings. The van der Waals surface area contributed by atoms with Gasteiger partial charge in [-0.2, -0.15) is 10.4 Å². The van der Waals surface area contributed by atoms with Gasteiger partial charge in [-0.25, -0.2) is 4.98 Å². The van der Waals surface area contributed by atoms with E-state index in [4.69, 9.17) is 30.8 Å². The van der Waals surface area contributed by atoms with Crippen LogP contribution in [0.5, 0.6) is 5.75 Å². The van der Waals surface area contributed by atoms with Gasteiger partial charge in [0.2, 0.25) is 17.7 Å². The van der Waals surface area contributed by atoms with Gasteiger partial charge in [-0.05, 0) is 97.9 Å². The summed E-state index contributed by atoms with van der Waals surface area (Å²) in [5.74, 6) is 0.526. The van der Waals surface area contributed by atoms with Crippen molar-refractivity contribution >= 4 is 35.2 Å². The minimum absolute atomic E-state index is 0.0160. The van der Waals surface area contributed by atoms with Crippen LogP contribution >= 0.6 is 11.6 Å². The van der Waals surface area contributed by atoms with E-state index in [0.29, 0.717) is 59.0 Å². The Morgan fingerprint density at radius 3 is 2.32 bits per heavy atom. The highest BCUT2D eigenvalue weighted by atomic mass is 35.5. The van der Waals surface area contributed by atoms with Gasteiger partial charge < -0.3 is 39.8 Å². The van der Waals surface area contributed by atoms with Crippen LogP contribution in [0.15, 0.2) is 96.0 Å². The van der Waals surface area contributed by atoms with Crippen LogP contribution in [0.3, 0.4) is 0 Å². The number of oxazole rings is 1. The van der Waals surface area contributed by atoms with Crippen LogP contribution in [0.4, 0.5) is 0 Å². The Bertz CT molecular complexity index is 2540. The number of carbonyl (C=O) groups is 4. The highest BCUT2D eigenvalue weighted by molar-refractivity contribution is 6.32. The molecular formula is C51H59ClN8O8. The lowest BCUT2D eigenvalue weighted by Gasteiger charge is -2.35. The van der Waals surface area contributed by atoms with E-state index < -0.39 is 35.4 Å². The van der Waals surface area contributed by atoms with Gasteiger partial charge in [-0.3, -0.25) is 23.9 Å². The largest absolute Gasteiger partial charge is 0.493 e. The summed E-state index contributed by atoms with van der Waals surface area (Å²) < 4.78 is 19.1. The molecule has 4 N–H and O–H groups in total. The minimum Gasteiger partial charge on any atom is -0.493 e. The number of benzene rings is 3. The van der Waals surface area contributed by atoms with Crippen molar-refractivity contribution in [2.75, 3.05) is 26.4 Å². The highest BCUT2D eigenvalue weighted by Crippen LogP contribution is 2.31. The zero-order valence-electron chi connectivity index (χ0n) is 38.8. The maximum atomic E-state index is 14.0. The van der Waals surface area contributed by atoms with Crippen molar-refractivity contribution in [3.8, 4) is 34.4 Å². The third kappa shape index (κ3) is 13.1. The molecule has 68 heavy (non-hydrogen) atoms. The van der Waals surface area contributed by atoms with Crippen molar-refractivity contribution in [2.24, 2.45) is 17.3 Å². The Morgan fingerprint density at radius 1 is 0.956 bits per heavy atom. The maximum Gasteiger partial charge on any atom is 0.251 e. The van der Waals surface area contributed by atoms with Crippen LogP contribution < -0.4 is 20.7 Å². The summed E-state index contributed by atoms with van der Waals surface area (Å²) in [6.07, 6.45) is 7.78. The number of aliphatic hydroxyl groups excluding tert-OH is 1. The monoisotopic (exact) mass is 946 g/mol. The number of aromatic nitrogens is 3. The Kier molecular flexibility index (Phi) is 16.3. The number of β-amino-alcohol motifs (C(OH)–C–C–N with tert-alkyl or cyclic N) is 1. The lowest BCUT2D eigenvalue weighted by atomic mass is 9.83. The SMILES string of the molecule is C[C@@H](Cn1ccc(-c2ccc(C#N)c(Cl)c2)n1)NC(=O)c1ccc(OCC2CCC(COCC(=O)N[C@H](C(=O)N3C[C@H](O)C[C@H]3C(=O)NCc3ccc(-c4cnco4)cc3)C(C)(C)C)CC2)cc1. The summed E-state index contributed by atoms with van der Waals surface area (Å²) >= 11 is 6.20. The molecule has 2 aliphatic rings. The molecule has 1 aliphatic heterocycles. The van der Waals surface area contributed by atoms with Crippen molar-refractivity contribution in [2.45, 2.75) is 97.1 Å². The number of ether oxygens (including phenoxy) is 2. The summed E-state index contributed by atoms with van der Waals surface area (Å²) in [5, 5.41) is 33.5. The Balaban J connectivity index is 0.791. The average Bonchev–Trinajstić information content (AvgIpc) is 4.12. The molecule has 4 amide bonds. The van der Waals surface area contributed by atoms with Crippen molar-refractivity contribution in [3.63, 3.8) is 0 Å². The number of nitriles is 1. The van der Waals surface area contributed by atoms with Crippen LogP contribution in [0, 0.1) is 28.6 Å². The van der Waals surface area contributed by atoms with Gasteiger partial charge in [-0.1, -0.05) is 62.7 Å². The van der Waals surface area contributed by atoms with Crippen molar-refractivity contribution < 1.29 is 38.2 Å². The molecule has 2 aromatic heterocycles. The number of likely N-dealkylation sites (tertiary alicyclic amines) is 1. The second-order valence-corrected chi connectivity index (χ2v) is 19.3. The second-order valence-electron chi connectivity index (χ2n) is 18.9. The molecule has 0 spiro atoms. The van der Waals surface area contributed by atoms with Crippen molar-refractivity contribution in [1.29, 1.82) is 5.26 Å². The summed E-state index contributed by atoms with van der Waals surface area (Å²) in [5.41, 5.74) is 3.45. The lowest BCUT2D eigenvalue weighted by Crippen LogP contribution is -2.58. The Hall–Kier alpha value is -6.54. The van der Waals surface area contributed by atoms with Crippen LogP contribution in [-0.2, 0) is 32.2 Å². The molecule has 1 aliphatic carbocycles. The minimum atomic E-state index is -0.951. The second kappa shape index (κ2) is 22.5. The summed E-state index contributed by atoms with van der Waals surface area (Å²) in [6.45, 7) is 8.88. The number of amides is 4. The molecule has 4 atom stereocenters. The van der Waals surface area contributed by atoms with Gasteiger partial charge in [0, 0.05) is 48.4 Å². The molecule has 358 valence electrons. The topological polar surface area (TPSA) is 214 Å². The number of nitrogens with zero attached hydrogens (tertiary/aromatic N) is 5. The molecule has 1 saturated heterocycles. The van der Waals surface area contributed by atoms with Crippen LogP contribution in [0.1, 0.15) is 81.3 Å². The molecule has 2 fully saturated rings. The number of aliphatic hydroxyl groups is 1.